The van der Waals surface area contributed by atoms with Crippen molar-refractivity contribution in [2.45, 2.75) is 38.5 Å². The summed E-state index contributed by atoms with van der Waals surface area (Å²) in [7, 11) is 0. The first-order valence-corrected chi connectivity index (χ1v) is 6.85. The number of allylic oxidation sites excluding steroid dienone is 2. The minimum absolute atomic E-state index is 0.126. The summed E-state index contributed by atoms with van der Waals surface area (Å²) in [5, 5.41) is 0. The number of hydrogen-bond acceptors (Lipinski definition) is 3. The summed E-state index contributed by atoms with van der Waals surface area (Å²) >= 11 is 0. The Morgan fingerprint density at radius 1 is 1.50 bits per heavy atom. The Morgan fingerprint density at radius 3 is 2.80 bits per heavy atom. The zero-order chi connectivity index (χ0) is 14.7. The van der Waals surface area contributed by atoms with Gasteiger partial charge in [0.2, 0.25) is 0 Å². The molecule has 1 saturated carbocycles. The van der Waals surface area contributed by atoms with Crippen LogP contribution in [0.2, 0.25) is 0 Å². The third-order valence-corrected chi connectivity index (χ3v) is 3.74. The normalized spacial score (nSPS) is 29.8. The molecule has 0 heterocycles. The molecule has 0 aromatic carbocycles. The highest BCUT2D eigenvalue weighted by molar-refractivity contribution is 5.35. The van der Waals surface area contributed by atoms with Crippen LogP contribution in [0.4, 0.5) is 8.78 Å². The maximum absolute atomic E-state index is 13.6. The van der Waals surface area contributed by atoms with Gasteiger partial charge in [-0.2, -0.15) is 0 Å². The van der Waals surface area contributed by atoms with Crippen LogP contribution in [0.5, 0.6) is 0 Å². The molecule has 112 valence electrons. The van der Waals surface area contributed by atoms with E-state index in [4.69, 9.17) is 15.2 Å². The summed E-state index contributed by atoms with van der Waals surface area (Å²) in [6, 6.07) is 0. The van der Waals surface area contributed by atoms with Crippen LogP contribution >= 0.6 is 0 Å². The van der Waals surface area contributed by atoms with Crippen LogP contribution in [0.1, 0.15) is 26.2 Å². The third-order valence-electron chi connectivity index (χ3n) is 3.74. The summed E-state index contributed by atoms with van der Waals surface area (Å²) in [4.78, 5) is 0. The van der Waals surface area contributed by atoms with Crippen molar-refractivity contribution in [2.24, 2.45) is 11.7 Å². The first-order valence-electron chi connectivity index (χ1n) is 6.85. The monoisotopic (exact) mass is 285 g/mol. The standard InChI is InChI=1S/C15H21F2NO2/c1-9-3-12(16)6-15(17)14(9)8-19-7-11-4-13(5-11)20-10(2)18/h6,11-13H,2-5,7-8,18H2,1H3/t11-,12?,13+. The van der Waals surface area contributed by atoms with Crippen LogP contribution < -0.4 is 5.73 Å². The molecule has 0 radical (unpaired) electrons. The van der Waals surface area contributed by atoms with E-state index in [0.29, 0.717) is 18.1 Å². The highest BCUT2D eigenvalue weighted by Crippen LogP contribution is 2.32. The second-order valence-electron chi connectivity index (χ2n) is 5.55. The Kier molecular flexibility index (Phi) is 4.81. The SMILES string of the molecule is C=C(N)O[C@H]1C[C@@H](COCC2=C(C)CC(F)C=C2F)C1. The fraction of sp³-hybridized carbons (Fsp3) is 0.600. The van der Waals surface area contributed by atoms with Crippen LogP contribution in [-0.4, -0.2) is 25.5 Å². The lowest BCUT2D eigenvalue weighted by Gasteiger charge is -2.35. The second kappa shape index (κ2) is 6.39. The van der Waals surface area contributed by atoms with E-state index in [-0.39, 0.29) is 25.0 Å². The van der Waals surface area contributed by atoms with Crippen molar-refractivity contribution in [3.05, 3.63) is 35.5 Å². The Labute approximate surface area is 118 Å². The third kappa shape index (κ3) is 3.82. The van der Waals surface area contributed by atoms with Crippen LogP contribution in [-0.2, 0) is 9.47 Å². The molecule has 3 nitrogen and oxygen atoms in total. The molecule has 0 bridgehead atoms. The van der Waals surface area contributed by atoms with E-state index in [1.54, 1.807) is 6.92 Å². The van der Waals surface area contributed by atoms with E-state index in [2.05, 4.69) is 6.58 Å². The number of rotatable bonds is 6. The van der Waals surface area contributed by atoms with E-state index in [9.17, 15) is 8.78 Å². The summed E-state index contributed by atoms with van der Waals surface area (Å²) in [5.41, 5.74) is 6.57. The van der Waals surface area contributed by atoms with Gasteiger partial charge < -0.3 is 15.2 Å². The van der Waals surface area contributed by atoms with Gasteiger partial charge in [-0.3, -0.25) is 0 Å². The highest BCUT2D eigenvalue weighted by Gasteiger charge is 2.31. The molecule has 2 N–H and O–H groups in total. The van der Waals surface area contributed by atoms with E-state index in [1.165, 1.54) is 0 Å². The number of alkyl halides is 1. The zero-order valence-corrected chi connectivity index (χ0v) is 11.7. The molecule has 0 saturated heterocycles. The maximum atomic E-state index is 13.6. The van der Waals surface area contributed by atoms with Crippen LogP contribution in [0.25, 0.3) is 0 Å². The summed E-state index contributed by atoms with van der Waals surface area (Å²) in [6.45, 7) is 5.99. The summed E-state index contributed by atoms with van der Waals surface area (Å²) in [5.74, 6) is 0.158. The molecule has 1 unspecified atom stereocenters. The lowest BCUT2D eigenvalue weighted by Crippen LogP contribution is -2.35. The quantitative estimate of drug-likeness (QED) is 0.762. The van der Waals surface area contributed by atoms with Crippen LogP contribution in [0.15, 0.2) is 35.5 Å². The fourth-order valence-corrected chi connectivity index (χ4v) is 2.58. The van der Waals surface area contributed by atoms with E-state index >= 15 is 0 Å². The largest absolute Gasteiger partial charge is 0.477 e. The molecule has 1 atom stereocenters. The predicted molar refractivity (Wildman–Crippen MR) is 73.1 cm³/mol. The molecule has 0 spiro atoms. The summed E-state index contributed by atoms with van der Waals surface area (Å²) in [6.07, 6.45) is 1.93. The van der Waals surface area contributed by atoms with Gasteiger partial charge >= 0.3 is 0 Å². The molecule has 1 fully saturated rings. The average Bonchev–Trinajstić information content (AvgIpc) is 2.27. The summed E-state index contributed by atoms with van der Waals surface area (Å²) < 4.78 is 37.5. The smallest absolute Gasteiger partial charge is 0.176 e. The van der Waals surface area contributed by atoms with Crippen molar-refractivity contribution in [2.75, 3.05) is 13.2 Å². The first-order chi connectivity index (χ1) is 9.45. The first kappa shape index (κ1) is 15.0. The number of halogens is 2. The number of ether oxygens (including phenoxy) is 2. The van der Waals surface area contributed by atoms with Crippen molar-refractivity contribution >= 4 is 0 Å². The molecule has 20 heavy (non-hydrogen) atoms. The molecular weight excluding hydrogens is 264 g/mol. The Morgan fingerprint density at radius 2 is 2.20 bits per heavy atom. The van der Waals surface area contributed by atoms with Crippen LogP contribution in [0, 0.1) is 5.92 Å². The maximum Gasteiger partial charge on any atom is 0.176 e. The lowest BCUT2D eigenvalue weighted by molar-refractivity contribution is -0.0250. The van der Waals surface area contributed by atoms with Gasteiger partial charge in [0.25, 0.3) is 0 Å². The van der Waals surface area contributed by atoms with Crippen molar-refractivity contribution < 1.29 is 18.3 Å². The van der Waals surface area contributed by atoms with Gasteiger partial charge in [-0.05, 0) is 38.3 Å². The molecular formula is C15H21F2NO2. The molecule has 0 aromatic rings. The predicted octanol–water partition coefficient (Wildman–Crippen LogP) is 3.14. The van der Waals surface area contributed by atoms with E-state index in [0.717, 1.165) is 24.5 Å². The molecule has 5 heteroatoms. The fourth-order valence-electron chi connectivity index (χ4n) is 2.58. The lowest BCUT2D eigenvalue weighted by atomic mass is 9.83. The topological polar surface area (TPSA) is 44.5 Å². The Bertz CT molecular complexity index is 439. The zero-order valence-electron chi connectivity index (χ0n) is 11.7. The molecule has 2 aliphatic carbocycles. The minimum Gasteiger partial charge on any atom is -0.477 e. The second-order valence-corrected chi connectivity index (χ2v) is 5.55. The van der Waals surface area contributed by atoms with E-state index in [1.807, 2.05) is 0 Å². The van der Waals surface area contributed by atoms with Gasteiger partial charge in [0.15, 0.2) is 5.88 Å². The molecule has 2 rings (SSSR count). The van der Waals surface area contributed by atoms with Crippen molar-refractivity contribution in [3.63, 3.8) is 0 Å². The molecule has 0 aromatic heterocycles. The average molecular weight is 285 g/mol. The van der Waals surface area contributed by atoms with E-state index < -0.39 is 12.0 Å². The number of nitrogens with two attached hydrogens (primary N) is 1. The molecule has 2 aliphatic rings. The van der Waals surface area contributed by atoms with Gasteiger partial charge in [-0.25, -0.2) is 8.78 Å². The van der Waals surface area contributed by atoms with Gasteiger partial charge in [0.05, 0.1) is 13.2 Å². The van der Waals surface area contributed by atoms with Crippen molar-refractivity contribution in [1.82, 2.24) is 0 Å². The van der Waals surface area contributed by atoms with Gasteiger partial charge in [0, 0.05) is 12.0 Å². The van der Waals surface area contributed by atoms with Gasteiger partial charge in [-0.15, -0.1) is 0 Å². The number of hydrogen-bond donors (Lipinski definition) is 1. The Hall–Kier alpha value is -1.36. The highest BCUT2D eigenvalue weighted by atomic mass is 19.1. The van der Waals surface area contributed by atoms with Gasteiger partial charge in [0.1, 0.15) is 18.1 Å². The molecule has 0 amide bonds. The van der Waals surface area contributed by atoms with Crippen LogP contribution in [0.3, 0.4) is 0 Å². The van der Waals surface area contributed by atoms with Crippen molar-refractivity contribution in [3.8, 4) is 0 Å². The minimum atomic E-state index is -1.22. The van der Waals surface area contributed by atoms with Gasteiger partial charge in [-0.1, -0.05) is 5.57 Å². The van der Waals surface area contributed by atoms with Crippen molar-refractivity contribution in [1.29, 1.82) is 0 Å². The Balaban J connectivity index is 1.69. The molecule has 0 aliphatic heterocycles.